The van der Waals surface area contributed by atoms with E-state index >= 15 is 0 Å². The number of aliphatic hydroxyl groups excluding tert-OH is 1. The van der Waals surface area contributed by atoms with Crippen LogP contribution in [0.4, 0.5) is 0 Å². The van der Waals surface area contributed by atoms with Crippen LogP contribution >= 0.6 is 11.6 Å². The molecule has 1 aliphatic heterocycles. The van der Waals surface area contributed by atoms with Gasteiger partial charge < -0.3 is 29.0 Å². The molecule has 3 heterocycles. The Morgan fingerprint density at radius 3 is 2.77 bits per heavy atom. The van der Waals surface area contributed by atoms with Crippen LogP contribution < -0.4 is 4.74 Å². The lowest BCUT2D eigenvalue weighted by atomic mass is 9.94. The first-order valence-corrected chi connectivity index (χ1v) is 11.4. The van der Waals surface area contributed by atoms with Gasteiger partial charge in [-0.25, -0.2) is 0 Å². The standard InChI is InChI=1S/C26H24ClN3O5/c1-29(2)8-9-30-22(17-13-28-18-7-5-4-6-16(17)18)21(24(32)26(30)33)23(31)19-11-14-10-15(27)12-20(34-3)25(14)35-19/h4-7,10-13,22,28,32H,8-9H2,1-3H3. The molecule has 0 spiro atoms. The summed E-state index contributed by atoms with van der Waals surface area (Å²) < 4.78 is 11.2. The molecule has 35 heavy (non-hydrogen) atoms. The van der Waals surface area contributed by atoms with Crippen molar-refractivity contribution in [1.29, 1.82) is 0 Å². The van der Waals surface area contributed by atoms with Gasteiger partial charge in [0.2, 0.25) is 5.78 Å². The molecule has 1 amide bonds. The largest absolute Gasteiger partial charge is 0.503 e. The Morgan fingerprint density at radius 2 is 2.03 bits per heavy atom. The van der Waals surface area contributed by atoms with E-state index in [0.29, 0.717) is 34.8 Å². The molecule has 4 aromatic rings. The first-order chi connectivity index (χ1) is 16.8. The predicted molar refractivity (Wildman–Crippen MR) is 133 cm³/mol. The Labute approximate surface area is 206 Å². The van der Waals surface area contributed by atoms with Crippen molar-refractivity contribution >= 4 is 45.2 Å². The number of likely N-dealkylation sites (N-methyl/N-ethyl adjacent to an activating group) is 1. The van der Waals surface area contributed by atoms with Gasteiger partial charge in [0.15, 0.2) is 22.9 Å². The molecule has 9 heteroatoms. The number of ketones is 1. The number of nitrogens with zero attached hydrogens (tertiary/aromatic N) is 2. The molecule has 2 aromatic heterocycles. The van der Waals surface area contributed by atoms with Crippen LogP contribution in [0.25, 0.3) is 21.9 Å². The van der Waals surface area contributed by atoms with Crippen molar-refractivity contribution in [2.45, 2.75) is 6.04 Å². The van der Waals surface area contributed by atoms with Gasteiger partial charge in [0.05, 0.1) is 18.7 Å². The fourth-order valence-electron chi connectivity index (χ4n) is 4.55. The third-order valence-electron chi connectivity index (χ3n) is 6.24. The smallest absolute Gasteiger partial charge is 0.290 e. The Morgan fingerprint density at radius 1 is 1.26 bits per heavy atom. The van der Waals surface area contributed by atoms with E-state index in [1.54, 1.807) is 24.4 Å². The van der Waals surface area contributed by atoms with E-state index in [2.05, 4.69) is 4.98 Å². The maximum Gasteiger partial charge on any atom is 0.290 e. The molecule has 1 atom stereocenters. The molecule has 0 fully saturated rings. The zero-order valence-electron chi connectivity index (χ0n) is 19.5. The highest BCUT2D eigenvalue weighted by Crippen LogP contribution is 2.42. The topological polar surface area (TPSA) is 99.0 Å². The van der Waals surface area contributed by atoms with Crippen LogP contribution in [0.5, 0.6) is 5.75 Å². The van der Waals surface area contributed by atoms with Crippen LogP contribution in [0.3, 0.4) is 0 Å². The lowest BCUT2D eigenvalue weighted by Gasteiger charge is -2.27. The van der Waals surface area contributed by atoms with Gasteiger partial charge in [-0.1, -0.05) is 29.8 Å². The normalized spacial score (nSPS) is 16.3. The number of benzene rings is 2. The Hall–Kier alpha value is -3.75. The number of methoxy groups -OCH3 is 1. The number of aromatic nitrogens is 1. The molecule has 2 aromatic carbocycles. The second kappa shape index (κ2) is 8.79. The summed E-state index contributed by atoms with van der Waals surface area (Å²) in [7, 11) is 5.27. The summed E-state index contributed by atoms with van der Waals surface area (Å²) in [6, 6.07) is 11.6. The van der Waals surface area contributed by atoms with Crippen LogP contribution in [0.2, 0.25) is 5.02 Å². The number of carbonyl (C=O) groups is 2. The number of aromatic amines is 1. The molecule has 8 nitrogen and oxygen atoms in total. The van der Waals surface area contributed by atoms with E-state index in [9.17, 15) is 14.7 Å². The molecule has 2 N–H and O–H groups in total. The highest BCUT2D eigenvalue weighted by molar-refractivity contribution is 6.31. The molecular formula is C26H24ClN3O5. The number of ether oxygens (including phenoxy) is 1. The number of para-hydroxylation sites is 1. The van der Waals surface area contributed by atoms with Gasteiger partial charge in [0, 0.05) is 52.2 Å². The summed E-state index contributed by atoms with van der Waals surface area (Å²) in [5.74, 6) is -1.38. The van der Waals surface area contributed by atoms with Crippen molar-refractivity contribution < 1.29 is 23.8 Å². The van der Waals surface area contributed by atoms with Crippen molar-refractivity contribution in [3.63, 3.8) is 0 Å². The lowest BCUT2D eigenvalue weighted by molar-refractivity contribution is -0.129. The fraction of sp³-hybridized carbons (Fsp3) is 0.231. The summed E-state index contributed by atoms with van der Waals surface area (Å²) in [4.78, 5) is 33.7. The van der Waals surface area contributed by atoms with E-state index in [0.717, 1.165) is 16.5 Å². The van der Waals surface area contributed by atoms with Gasteiger partial charge >= 0.3 is 0 Å². The quantitative estimate of drug-likeness (QED) is 0.361. The molecular weight excluding hydrogens is 470 g/mol. The van der Waals surface area contributed by atoms with E-state index < -0.39 is 23.5 Å². The lowest BCUT2D eigenvalue weighted by Crippen LogP contribution is -2.36. The molecule has 0 aliphatic carbocycles. The van der Waals surface area contributed by atoms with Gasteiger partial charge in [0.25, 0.3) is 5.91 Å². The van der Waals surface area contributed by atoms with E-state index in [4.69, 9.17) is 20.8 Å². The zero-order chi connectivity index (χ0) is 24.9. The first kappa shape index (κ1) is 23.0. The summed E-state index contributed by atoms with van der Waals surface area (Å²) >= 11 is 6.17. The Bertz CT molecular complexity index is 1500. The third kappa shape index (κ3) is 3.84. The van der Waals surface area contributed by atoms with Crippen LogP contribution in [0.15, 0.2) is 64.4 Å². The van der Waals surface area contributed by atoms with E-state index in [1.165, 1.54) is 12.0 Å². The molecule has 1 unspecified atom stereocenters. The van der Waals surface area contributed by atoms with Crippen molar-refractivity contribution in [3.05, 3.63) is 76.3 Å². The number of fused-ring (bicyclic) bond motifs is 2. The molecule has 0 bridgehead atoms. The number of hydrogen-bond donors (Lipinski definition) is 2. The summed E-state index contributed by atoms with van der Waals surface area (Å²) in [6.45, 7) is 0.875. The van der Waals surface area contributed by atoms with Gasteiger partial charge in [-0.15, -0.1) is 0 Å². The number of amides is 1. The number of rotatable bonds is 7. The number of halogens is 1. The number of furan rings is 1. The van der Waals surface area contributed by atoms with Crippen molar-refractivity contribution in [3.8, 4) is 5.75 Å². The molecule has 0 saturated carbocycles. The van der Waals surface area contributed by atoms with E-state index in [1.807, 2.05) is 43.3 Å². The summed E-state index contributed by atoms with van der Waals surface area (Å²) in [5.41, 5.74) is 1.92. The average molecular weight is 494 g/mol. The van der Waals surface area contributed by atoms with E-state index in [-0.39, 0.29) is 11.3 Å². The number of hydrogen-bond acceptors (Lipinski definition) is 6. The molecule has 1 aliphatic rings. The van der Waals surface area contributed by atoms with Gasteiger partial charge in [0.1, 0.15) is 0 Å². The van der Waals surface area contributed by atoms with Crippen LogP contribution in [0, 0.1) is 0 Å². The van der Waals surface area contributed by atoms with Gasteiger partial charge in [-0.3, -0.25) is 9.59 Å². The number of carbonyl (C=O) groups excluding carboxylic acids is 2. The minimum Gasteiger partial charge on any atom is -0.503 e. The third-order valence-corrected chi connectivity index (χ3v) is 6.46. The number of nitrogens with one attached hydrogen (secondary N) is 1. The molecule has 180 valence electrons. The van der Waals surface area contributed by atoms with Crippen LogP contribution in [-0.2, 0) is 4.79 Å². The number of Topliss-reactive ketones (excluding diaryl/α,β-unsaturated/α-hetero) is 1. The van der Waals surface area contributed by atoms with Crippen LogP contribution in [-0.4, -0.2) is 65.9 Å². The SMILES string of the molecule is COc1cc(Cl)cc2cc(C(=O)C3=C(O)C(=O)N(CCN(C)C)C3c3c[nH]c4ccccc34)oc12. The van der Waals surface area contributed by atoms with Crippen molar-refractivity contribution in [1.82, 2.24) is 14.8 Å². The number of H-pyrrole nitrogens is 1. The fourth-order valence-corrected chi connectivity index (χ4v) is 4.77. The van der Waals surface area contributed by atoms with Crippen molar-refractivity contribution in [2.75, 3.05) is 34.3 Å². The molecule has 0 saturated heterocycles. The second-order valence-corrected chi connectivity index (χ2v) is 9.16. The Balaban J connectivity index is 1.64. The summed E-state index contributed by atoms with van der Waals surface area (Å²) in [6.07, 6.45) is 1.78. The Kier molecular flexibility index (Phi) is 5.78. The predicted octanol–water partition coefficient (Wildman–Crippen LogP) is 4.72. The van der Waals surface area contributed by atoms with Crippen molar-refractivity contribution in [2.24, 2.45) is 0 Å². The molecule has 0 radical (unpaired) electrons. The minimum absolute atomic E-state index is 0.0192. The monoisotopic (exact) mass is 493 g/mol. The maximum absolute atomic E-state index is 13.8. The number of aliphatic hydroxyl groups is 1. The van der Waals surface area contributed by atoms with Gasteiger partial charge in [-0.2, -0.15) is 0 Å². The second-order valence-electron chi connectivity index (χ2n) is 8.72. The highest BCUT2D eigenvalue weighted by atomic mass is 35.5. The molecule has 5 rings (SSSR count). The first-order valence-electron chi connectivity index (χ1n) is 11.1. The highest BCUT2D eigenvalue weighted by Gasteiger charge is 2.45. The zero-order valence-corrected chi connectivity index (χ0v) is 20.2. The average Bonchev–Trinajstić information content (AvgIpc) is 3.51. The minimum atomic E-state index is -0.787. The van der Waals surface area contributed by atoms with Crippen LogP contribution in [0.1, 0.15) is 22.2 Å². The summed E-state index contributed by atoms with van der Waals surface area (Å²) in [5, 5.41) is 12.8. The maximum atomic E-state index is 13.8. The van der Waals surface area contributed by atoms with Gasteiger partial charge in [-0.05, 0) is 32.3 Å².